The van der Waals surface area contributed by atoms with Crippen LogP contribution in [0.25, 0.3) is 0 Å². The van der Waals surface area contributed by atoms with Crippen LogP contribution in [0.15, 0.2) is 10.1 Å². The molecule has 0 rings (SSSR count). The number of rotatable bonds is 4. The molecule has 0 radical (unpaired) electrons. The van der Waals surface area contributed by atoms with Crippen molar-refractivity contribution in [1.29, 1.82) is 0 Å². The summed E-state index contributed by atoms with van der Waals surface area (Å²) in [4.78, 5) is 15.0. The number of nitrogens with two attached hydrogens (primary N) is 2. The van der Waals surface area contributed by atoms with Crippen molar-refractivity contribution in [1.82, 2.24) is 0 Å². The van der Waals surface area contributed by atoms with Crippen molar-refractivity contribution < 1.29 is 9.53 Å². The Morgan fingerprint density at radius 2 is 2.07 bits per heavy atom. The lowest BCUT2D eigenvalue weighted by atomic mass is 10.2. The largest absolute Gasteiger partial charge is 0.459 e. The van der Waals surface area contributed by atoms with Gasteiger partial charge in [0.25, 0.3) is 0 Å². The standard InChI is InChI=1S/C9H18N4O2/c1-9(2,3)15-8(14)6-12-5-7(4-10)13-11/h5H,4,6,10-11H2,1-3H3/b12-5?,13-7-. The molecule has 0 spiro atoms. The second kappa shape index (κ2) is 6.13. The maximum absolute atomic E-state index is 11.2. The van der Waals surface area contributed by atoms with Crippen LogP contribution < -0.4 is 11.6 Å². The van der Waals surface area contributed by atoms with Crippen LogP contribution in [0.5, 0.6) is 0 Å². The summed E-state index contributed by atoms with van der Waals surface area (Å²) in [5.41, 5.74) is 5.22. The summed E-state index contributed by atoms with van der Waals surface area (Å²) in [6.07, 6.45) is 1.36. The van der Waals surface area contributed by atoms with Gasteiger partial charge in [-0.25, -0.2) is 0 Å². The lowest BCUT2D eigenvalue weighted by molar-refractivity contribution is -0.152. The van der Waals surface area contributed by atoms with Gasteiger partial charge in [0.15, 0.2) is 0 Å². The highest BCUT2D eigenvalue weighted by Gasteiger charge is 2.15. The normalized spacial score (nSPS) is 13.2. The molecule has 0 bridgehead atoms. The molecule has 0 saturated heterocycles. The molecule has 6 nitrogen and oxygen atoms in total. The second-order valence-electron chi connectivity index (χ2n) is 3.88. The minimum absolute atomic E-state index is 0.0592. The van der Waals surface area contributed by atoms with Gasteiger partial charge in [-0.15, -0.1) is 0 Å². The van der Waals surface area contributed by atoms with E-state index in [1.54, 1.807) is 20.8 Å². The van der Waals surface area contributed by atoms with Gasteiger partial charge in [-0.1, -0.05) is 0 Å². The van der Waals surface area contributed by atoms with Gasteiger partial charge in [0.1, 0.15) is 12.1 Å². The van der Waals surface area contributed by atoms with Crippen molar-refractivity contribution in [2.24, 2.45) is 21.7 Å². The molecule has 15 heavy (non-hydrogen) atoms. The van der Waals surface area contributed by atoms with Gasteiger partial charge in [0, 0.05) is 12.8 Å². The number of hydrogen-bond acceptors (Lipinski definition) is 6. The van der Waals surface area contributed by atoms with E-state index in [-0.39, 0.29) is 13.1 Å². The first kappa shape index (κ1) is 13.6. The average molecular weight is 214 g/mol. The summed E-state index contributed by atoms with van der Waals surface area (Å²) in [6, 6.07) is 0. The smallest absolute Gasteiger partial charge is 0.328 e. The Kier molecular flexibility index (Phi) is 5.54. The van der Waals surface area contributed by atoms with Gasteiger partial charge in [-0.2, -0.15) is 5.10 Å². The van der Waals surface area contributed by atoms with Crippen LogP contribution in [0.2, 0.25) is 0 Å². The first-order valence-corrected chi connectivity index (χ1v) is 4.57. The van der Waals surface area contributed by atoms with Crippen molar-refractivity contribution >= 4 is 17.9 Å². The summed E-state index contributed by atoms with van der Waals surface area (Å²) in [6.45, 7) is 5.51. The van der Waals surface area contributed by atoms with Crippen molar-refractivity contribution in [3.05, 3.63) is 0 Å². The number of nitrogens with zero attached hydrogens (tertiary/aromatic N) is 2. The number of carbonyl (C=O) groups is 1. The number of carbonyl (C=O) groups excluding carboxylic acids is 1. The van der Waals surface area contributed by atoms with E-state index < -0.39 is 11.6 Å². The van der Waals surface area contributed by atoms with Gasteiger partial charge in [0.05, 0.1) is 5.71 Å². The zero-order valence-corrected chi connectivity index (χ0v) is 9.36. The molecule has 0 heterocycles. The molecule has 0 aliphatic heterocycles. The minimum atomic E-state index is -0.495. The first-order chi connectivity index (χ1) is 6.89. The van der Waals surface area contributed by atoms with E-state index in [4.69, 9.17) is 16.3 Å². The highest BCUT2D eigenvalue weighted by Crippen LogP contribution is 2.06. The maximum Gasteiger partial charge on any atom is 0.328 e. The fourth-order valence-corrected chi connectivity index (χ4v) is 0.738. The fraction of sp³-hybridized carbons (Fsp3) is 0.667. The molecule has 0 atom stereocenters. The van der Waals surface area contributed by atoms with E-state index in [2.05, 4.69) is 10.1 Å². The van der Waals surface area contributed by atoms with Crippen molar-refractivity contribution in [2.75, 3.05) is 13.1 Å². The van der Waals surface area contributed by atoms with E-state index in [1.807, 2.05) is 0 Å². The van der Waals surface area contributed by atoms with Gasteiger partial charge >= 0.3 is 5.97 Å². The lowest BCUT2D eigenvalue weighted by Crippen LogP contribution is -2.25. The first-order valence-electron chi connectivity index (χ1n) is 4.57. The summed E-state index contributed by atoms with van der Waals surface area (Å²) in [7, 11) is 0. The van der Waals surface area contributed by atoms with Gasteiger partial charge in [0.2, 0.25) is 0 Å². The molecule has 0 unspecified atom stereocenters. The second-order valence-corrected chi connectivity index (χ2v) is 3.88. The third-order valence-corrected chi connectivity index (χ3v) is 1.26. The zero-order valence-electron chi connectivity index (χ0n) is 9.36. The van der Waals surface area contributed by atoms with E-state index >= 15 is 0 Å². The Morgan fingerprint density at radius 1 is 1.47 bits per heavy atom. The number of hydrogen-bond donors (Lipinski definition) is 2. The molecule has 0 aliphatic rings. The Hall–Kier alpha value is -1.43. The van der Waals surface area contributed by atoms with E-state index in [0.29, 0.717) is 5.71 Å². The highest BCUT2D eigenvalue weighted by molar-refractivity contribution is 6.31. The van der Waals surface area contributed by atoms with Gasteiger partial charge in [-0.05, 0) is 20.8 Å². The summed E-state index contributed by atoms with van der Waals surface area (Å²) < 4.78 is 5.03. The number of ether oxygens (including phenoxy) is 1. The number of aliphatic imine (C=N–C) groups is 1. The molecule has 86 valence electrons. The van der Waals surface area contributed by atoms with E-state index in [1.165, 1.54) is 6.21 Å². The molecule has 0 aliphatic carbocycles. The number of hydrazone groups is 1. The quantitative estimate of drug-likeness (QED) is 0.289. The van der Waals surface area contributed by atoms with Crippen molar-refractivity contribution in [2.45, 2.75) is 26.4 Å². The van der Waals surface area contributed by atoms with Crippen molar-refractivity contribution in [3.63, 3.8) is 0 Å². The zero-order chi connectivity index (χ0) is 11.9. The SMILES string of the molecule is CC(C)(C)OC(=O)CN=C/C(CN)=N\N. The van der Waals surface area contributed by atoms with Crippen LogP contribution in [0, 0.1) is 0 Å². The maximum atomic E-state index is 11.2. The third kappa shape index (κ3) is 7.63. The molecular weight excluding hydrogens is 196 g/mol. The Balaban J connectivity index is 4.01. The van der Waals surface area contributed by atoms with Crippen LogP contribution in [0.4, 0.5) is 0 Å². The Labute approximate surface area is 89.4 Å². The van der Waals surface area contributed by atoms with Crippen LogP contribution in [0.3, 0.4) is 0 Å². The Bertz CT molecular complexity index is 266. The summed E-state index contributed by atoms with van der Waals surface area (Å²) in [5.74, 6) is 4.61. The molecule has 0 aromatic heterocycles. The van der Waals surface area contributed by atoms with Gasteiger partial charge in [-0.3, -0.25) is 9.79 Å². The predicted molar refractivity (Wildman–Crippen MR) is 59.9 cm³/mol. The van der Waals surface area contributed by atoms with Crippen LogP contribution in [-0.2, 0) is 9.53 Å². The molecule has 0 aromatic rings. The molecule has 0 aromatic carbocycles. The van der Waals surface area contributed by atoms with Crippen LogP contribution >= 0.6 is 0 Å². The predicted octanol–water partition coefficient (Wildman–Crippen LogP) is -0.328. The fourth-order valence-electron chi connectivity index (χ4n) is 0.738. The Morgan fingerprint density at radius 3 is 2.47 bits per heavy atom. The lowest BCUT2D eigenvalue weighted by Gasteiger charge is -2.18. The molecule has 0 saturated carbocycles. The summed E-state index contributed by atoms with van der Waals surface area (Å²) in [5, 5.41) is 3.37. The van der Waals surface area contributed by atoms with Crippen LogP contribution in [0.1, 0.15) is 20.8 Å². The van der Waals surface area contributed by atoms with Crippen LogP contribution in [-0.4, -0.2) is 36.6 Å². The van der Waals surface area contributed by atoms with E-state index in [9.17, 15) is 4.79 Å². The highest BCUT2D eigenvalue weighted by atomic mass is 16.6. The molecule has 6 heteroatoms. The van der Waals surface area contributed by atoms with Gasteiger partial charge < -0.3 is 16.3 Å². The third-order valence-electron chi connectivity index (χ3n) is 1.26. The topological polar surface area (TPSA) is 103 Å². The molecule has 0 fully saturated rings. The molecule has 0 amide bonds. The van der Waals surface area contributed by atoms with E-state index in [0.717, 1.165) is 0 Å². The number of esters is 1. The average Bonchev–Trinajstić information content (AvgIpc) is 2.09. The molecule has 4 N–H and O–H groups in total. The molecular formula is C9H18N4O2. The summed E-state index contributed by atoms with van der Waals surface area (Å²) >= 11 is 0. The minimum Gasteiger partial charge on any atom is -0.459 e. The van der Waals surface area contributed by atoms with Crippen molar-refractivity contribution in [3.8, 4) is 0 Å². The monoisotopic (exact) mass is 214 g/mol.